The predicted molar refractivity (Wildman–Crippen MR) is 71.4 cm³/mol. The third-order valence-corrected chi connectivity index (χ3v) is 3.81. The lowest BCUT2D eigenvalue weighted by Gasteiger charge is -2.23. The predicted octanol–water partition coefficient (Wildman–Crippen LogP) is 1.28. The average molecular weight is 252 g/mol. The number of carbonyl (C=O) groups is 1. The molecule has 0 radical (unpaired) electrons. The smallest absolute Gasteiger partial charge is 0.330 e. The second-order valence-corrected chi connectivity index (χ2v) is 5.10. The molecule has 0 aliphatic carbocycles. The van der Waals surface area contributed by atoms with Gasteiger partial charge in [-0.25, -0.2) is 4.79 Å². The van der Waals surface area contributed by atoms with Crippen molar-refractivity contribution in [3.8, 4) is 0 Å². The van der Waals surface area contributed by atoms with Gasteiger partial charge in [0.15, 0.2) is 0 Å². The highest BCUT2D eigenvalue weighted by Crippen LogP contribution is 2.20. The fourth-order valence-electron chi connectivity index (χ4n) is 2.87. The fourth-order valence-corrected chi connectivity index (χ4v) is 2.87. The van der Waals surface area contributed by atoms with E-state index in [4.69, 9.17) is 4.74 Å². The Kier molecular flexibility index (Phi) is 5.20. The first-order chi connectivity index (χ1) is 8.79. The van der Waals surface area contributed by atoms with E-state index < -0.39 is 0 Å². The zero-order valence-electron chi connectivity index (χ0n) is 11.3. The van der Waals surface area contributed by atoms with Crippen molar-refractivity contribution in [3.63, 3.8) is 0 Å². The molecule has 0 spiro atoms. The van der Waals surface area contributed by atoms with Crippen LogP contribution in [0.5, 0.6) is 0 Å². The molecule has 102 valence electrons. The highest BCUT2D eigenvalue weighted by atomic mass is 16.5. The lowest BCUT2D eigenvalue weighted by molar-refractivity contribution is -0.137. The van der Waals surface area contributed by atoms with Crippen LogP contribution < -0.4 is 0 Å². The Labute approximate surface area is 110 Å². The van der Waals surface area contributed by atoms with Gasteiger partial charge in [-0.1, -0.05) is 6.08 Å². The summed E-state index contributed by atoms with van der Waals surface area (Å²) in [6.45, 7) is 7.98. The minimum absolute atomic E-state index is 0.229. The van der Waals surface area contributed by atoms with Crippen molar-refractivity contribution in [1.82, 2.24) is 9.80 Å². The Morgan fingerprint density at radius 1 is 1.33 bits per heavy atom. The maximum Gasteiger partial charge on any atom is 0.330 e. The van der Waals surface area contributed by atoms with Gasteiger partial charge in [-0.05, 0) is 39.3 Å². The second kappa shape index (κ2) is 6.90. The lowest BCUT2D eigenvalue weighted by Crippen LogP contribution is -2.35. The Hall–Kier alpha value is -0.870. The van der Waals surface area contributed by atoms with Crippen molar-refractivity contribution in [2.75, 3.05) is 39.3 Å². The van der Waals surface area contributed by atoms with E-state index in [-0.39, 0.29) is 5.97 Å². The standard InChI is InChI=1S/C14H24N2O2/c1-2-18-14(17)6-5-8-15-11-7-13(12-15)16-9-3-4-10-16/h5-6,13H,2-4,7-12H2,1H3/b6-5+. The molecule has 0 aromatic rings. The van der Waals surface area contributed by atoms with Crippen LogP contribution in [0.1, 0.15) is 26.2 Å². The number of esters is 1. The quantitative estimate of drug-likeness (QED) is 0.545. The molecule has 1 atom stereocenters. The number of hydrogen-bond donors (Lipinski definition) is 0. The molecule has 4 heteroatoms. The molecule has 0 bridgehead atoms. The molecular formula is C14H24N2O2. The van der Waals surface area contributed by atoms with Crippen LogP contribution in [0.4, 0.5) is 0 Å². The zero-order valence-corrected chi connectivity index (χ0v) is 11.3. The van der Waals surface area contributed by atoms with E-state index in [0.717, 1.165) is 25.7 Å². The molecule has 2 heterocycles. The molecule has 4 nitrogen and oxygen atoms in total. The van der Waals surface area contributed by atoms with E-state index in [1.165, 1.54) is 32.4 Å². The first-order valence-corrected chi connectivity index (χ1v) is 7.09. The van der Waals surface area contributed by atoms with Crippen molar-refractivity contribution in [2.24, 2.45) is 0 Å². The van der Waals surface area contributed by atoms with Crippen molar-refractivity contribution >= 4 is 5.97 Å². The topological polar surface area (TPSA) is 32.8 Å². The van der Waals surface area contributed by atoms with E-state index in [9.17, 15) is 4.79 Å². The number of carbonyl (C=O) groups excluding carboxylic acids is 1. The summed E-state index contributed by atoms with van der Waals surface area (Å²) in [5, 5.41) is 0. The molecule has 1 unspecified atom stereocenters. The van der Waals surface area contributed by atoms with Gasteiger partial charge in [0.1, 0.15) is 0 Å². The molecule has 0 saturated carbocycles. The van der Waals surface area contributed by atoms with E-state index in [1.807, 2.05) is 13.0 Å². The van der Waals surface area contributed by atoms with E-state index >= 15 is 0 Å². The van der Waals surface area contributed by atoms with Crippen LogP contribution in [0.15, 0.2) is 12.2 Å². The Balaban J connectivity index is 1.67. The molecule has 0 aromatic heterocycles. The Morgan fingerprint density at radius 3 is 2.83 bits per heavy atom. The van der Waals surface area contributed by atoms with Gasteiger partial charge in [0.25, 0.3) is 0 Å². The Morgan fingerprint density at radius 2 is 2.11 bits per heavy atom. The number of rotatable bonds is 5. The number of nitrogens with zero attached hydrogens (tertiary/aromatic N) is 2. The summed E-state index contributed by atoms with van der Waals surface area (Å²) in [4.78, 5) is 16.2. The minimum Gasteiger partial charge on any atom is -0.463 e. The van der Waals surface area contributed by atoms with Crippen LogP contribution in [0.2, 0.25) is 0 Å². The van der Waals surface area contributed by atoms with E-state index in [1.54, 1.807) is 6.08 Å². The molecule has 0 amide bonds. The molecule has 18 heavy (non-hydrogen) atoms. The zero-order chi connectivity index (χ0) is 12.8. The van der Waals surface area contributed by atoms with Crippen LogP contribution in [0, 0.1) is 0 Å². The average Bonchev–Trinajstić information content (AvgIpc) is 2.99. The lowest BCUT2D eigenvalue weighted by atomic mass is 10.2. The molecule has 0 N–H and O–H groups in total. The summed E-state index contributed by atoms with van der Waals surface area (Å²) in [5.74, 6) is -0.229. The highest BCUT2D eigenvalue weighted by molar-refractivity contribution is 5.81. The summed E-state index contributed by atoms with van der Waals surface area (Å²) in [5.41, 5.74) is 0. The molecule has 0 aromatic carbocycles. The van der Waals surface area contributed by atoms with Gasteiger partial charge in [0, 0.05) is 31.8 Å². The Bertz CT molecular complexity index is 298. The third-order valence-electron chi connectivity index (χ3n) is 3.81. The summed E-state index contributed by atoms with van der Waals surface area (Å²) >= 11 is 0. The van der Waals surface area contributed by atoms with E-state index in [2.05, 4.69) is 9.80 Å². The minimum atomic E-state index is -0.229. The van der Waals surface area contributed by atoms with Gasteiger partial charge < -0.3 is 4.74 Å². The van der Waals surface area contributed by atoms with Gasteiger partial charge in [-0.3, -0.25) is 9.80 Å². The summed E-state index contributed by atoms with van der Waals surface area (Å²) < 4.78 is 4.86. The van der Waals surface area contributed by atoms with Crippen LogP contribution in [-0.4, -0.2) is 61.1 Å². The second-order valence-electron chi connectivity index (χ2n) is 5.10. The summed E-state index contributed by atoms with van der Waals surface area (Å²) in [6.07, 6.45) is 7.46. The molecule has 2 saturated heterocycles. The molecule has 2 rings (SSSR count). The molecule has 2 aliphatic rings. The summed E-state index contributed by atoms with van der Waals surface area (Å²) in [6, 6.07) is 0.739. The number of hydrogen-bond acceptors (Lipinski definition) is 4. The van der Waals surface area contributed by atoms with Crippen LogP contribution >= 0.6 is 0 Å². The maximum absolute atomic E-state index is 11.2. The van der Waals surface area contributed by atoms with Crippen molar-refractivity contribution in [3.05, 3.63) is 12.2 Å². The molecule has 2 aliphatic heterocycles. The van der Waals surface area contributed by atoms with Gasteiger partial charge in [0.05, 0.1) is 6.61 Å². The van der Waals surface area contributed by atoms with Gasteiger partial charge in [-0.2, -0.15) is 0 Å². The SMILES string of the molecule is CCOC(=O)/C=C/CN1CCC(N2CCCC2)C1. The first kappa shape index (κ1) is 13.6. The highest BCUT2D eigenvalue weighted by Gasteiger charge is 2.28. The van der Waals surface area contributed by atoms with Crippen LogP contribution in [0.25, 0.3) is 0 Å². The van der Waals surface area contributed by atoms with Gasteiger partial charge in [0.2, 0.25) is 0 Å². The normalized spacial score (nSPS) is 26.2. The van der Waals surface area contributed by atoms with Gasteiger partial charge >= 0.3 is 5.97 Å². The monoisotopic (exact) mass is 252 g/mol. The van der Waals surface area contributed by atoms with Crippen molar-refractivity contribution in [2.45, 2.75) is 32.2 Å². The molecular weight excluding hydrogens is 228 g/mol. The van der Waals surface area contributed by atoms with Gasteiger partial charge in [-0.15, -0.1) is 0 Å². The molecule has 2 fully saturated rings. The third kappa shape index (κ3) is 3.82. The first-order valence-electron chi connectivity index (χ1n) is 7.09. The van der Waals surface area contributed by atoms with Crippen molar-refractivity contribution < 1.29 is 9.53 Å². The number of ether oxygens (including phenoxy) is 1. The maximum atomic E-state index is 11.2. The van der Waals surface area contributed by atoms with Crippen molar-refractivity contribution in [1.29, 1.82) is 0 Å². The summed E-state index contributed by atoms with van der Waals surface area (Å²) in [7, 11) is 0. The van der Waals surface area contributed by atoms with E-state index in [0.29, 0.717) is 6.61 Å². The largest absolute Gasteiger partial charge is 0.463 e. The fraction of sp³-hybridized carbons (Fsp3) is 0.786. The van der Waals surface area contributed by atoms with Crippen LogP contribution in [-0.2, 0) is 9.53 Å². The van der Waals surface area contributed by atoms with Crippen LogP contribution in [0.3, 0.4) is 0 Å². The number of likely N-dealkylation sites (tertiary alicyclic amines) is 2.